The number of nitrogens with one attached hydrogen (secondary N) is 2. The molecule has 0 saturated carbocycles. The van der Waals surface area contributed by atoms with Gasteiger partial charge in [-0.3, -0.25) is 0 Å². The highest BCUT2D eigenvalue weighted by molar-refractivity contribution is 5.74. The van der Waals surface area contributed by atoms with Gasteiger partial charge in [-0.25, -0.2) is 4.79 Å². The number of carbonyl (C=O) groups excluding carboxylic acids is 1. The maximum atomic E-state index is 11.6. The van der Waals surface area contributed by atoms with Crippen LogP contribution in [0.1, 0.15) is 33.1 Å². The fourth-order valence-corrected chi connectivity index (χ4v) is 2.50. The first-order valence-electron chi connectivity index (χ1n) is 6.38. The molecule has 5 nitrogen and oxygen atoms in total. The molecule has 5 heteroatoms. The predicted octanol–water partition coefficient (Wildman–Crippen LogP) is 1.03. The largest absolute Gasteiger partial charge is 0.378 e. The Bertz CT molecular complexity index is 275. The number of urea groups is 1. The highest BCUT2D eigenvalue weighted by Crippen LogP contribution is 2.32. The minimum atomic E-state index is -0.145. The molecule has 2 amide bonds. The molecule has 2 N–H and O–H groups in total. The van der Waals surface area contributed by atoms with E-state index in [2.05, 4.69) is 10.6 Å². The highest BCUT2D eigenvalue weighted by atomic mass is 16.6. The second kappa shape index (κ2) is 5.23. The van der Waals surface area contributed by atoms with Crippen LogP contribution in [0.3, 0.4) is 0 Å². The highest BCUT2D eigenvalue weighted by Gasteiger charge is 2.41. The van der Waals surface area contributed by atoms with Crippen molar-refractivity contribution < 1.29 is 14.3 Å². The molecule has 2 heterocycles. The molecule has 0 radical (unpaired) electrons. The van der Waals surface area contributed by atoms with Crippen molar-refractivity contribution in [1.29, 1.82) is 0 Å². The van der Waals surface area contributed by atoms with Crippen molar-refractivity contribution in [1.82, 2.24) is 10.6 Å². The maximum Gasteiger partial charge on any atom is 0.315 e. The third-order valence-corrected chi connectivity index (χ3v) is 3.32. The van der Waals surface area contributed by atoms with Crippen molar-refractivity contribution >= 4 is 6.03 Å². The van der Waals surface area contributed by atoms with Crippen LogP contribution in [0.5, 0.6) is 0 Å². The summed E-state index contributed by atoms with van der Waals surface area (Å²) in [6.07, 6.45) is 2.68. The zero-order valence-corrected chi connectivity index (χ0v) is 10.6. The summed E-state index contributed by atoms with van der Waals surface area (Å²) in [4.78, 5) is 11.6. The standard InChI is InChI=1S/C12H22N2O3/c1-9(2)13-11(15)14-10-3-5-17-12(7-10)4-6-16-8-12/h9-10H,3-8H2,1-2H3,(H2,13,14,15). The minimum absolute atomic E-state index is 0.0824. The number of hydrogen-bond donors (Lipinski definition) is 2. The zero-order valence-electron chi connectivity index (χ0n) is 10.6. The molecule has 2 aliphatic heterocycles. The lowest BCUT2D eigenvalue weighted by Crippen LogP contribution is -2.52. The van der Waals surface area contributed by atoms with Gasteiger partial charge in [-0.15, -0.1) is 0 Å². The molecule has 0 aromatic heterocycles. The summed E-state index contributed by atoms with van der Waals surface area (Å²) in [6.45, 7) is 6.05. The quantitative estimate of drug-likeness (QED) is 0.760. The molecule has 2 rings (SSSR count). The molecule has 0 bridgehead atoms. The summed E-state index contributed by atoms with van der Waals surface area (Å²) < 4.78 is 11.2. The topological polar surface area (TPSA) is 59.6 Å². The van der Waals surface area contributed by atoms with Crippen LogP contribution in [-0.2, 0) is 9.47 Å². The number of carbonyl (C=O) groups is 1. The molecule has 2 aliphatic rings. The van der Waals surface area contributed by atoms with E-state index in [9.17, 15) is 4.79 Å². The van der Waals surface area contributed by atoms with Gasteiger partial charge in [0.2, 0.25) is 0 Å². The smallest absolute Gasteiger partial charge is 0.315 e. The van der Waals surface area contributed by atoms with Gasteiger partial charge in [0, 0.05) is 31.7 Å². The van der Waals surface area contributed by atoms with Gasteiger partial charge in [0.1, 0.15) is 0 Å². The lowest BCUT2D eigenvalue weighted by Gasteiger charge is -2.37. The van der Waals surface area contributed by atoms with Gasteiger partial charge in [0.15, 0.2) is 0 Å². The molecule has 0 aromatic carbocycles. The Hall–Kier alpha value is -0.810. The van der Waals surface area contributed by atoms with Gasteiger partial charge in [-0.2, -0.15) is 0 Å². The fourth-order valence-electron chi connectivity index (χ4n) is 2.50. The van der Waals surface area contributed by atoms with E-state index in [1.807, 2.05) is 13.8 Å². The summed E-state index contributed by atoms with van der Waals surface area (Å²) in [6, 6.07) is 0.281. The average Bonchev–Trinajstić information content (AvgIpc) is 2.64. The van der Waals surface area contributed by atoms with Crippen molar-refractivity contribution in [2.45, 2.75) is 50.8 Å². The first-order chi connectivity index (χ1) is 8.10. The van der Waals surface area contributed by atoms with E-state index < -0.39 is 0 Å². The fraction of sp³-hybridized carbons (Fsp3) is 0.917. The average molecular weight is 242 g/mol. The van der Waals surface area contributed by atoms with E-state index in [1.54, 1.807) is 0 Å². The minimum Gasteiger partial charge on any atom is -0.378 e. The van der Waals surface area contributed by atoms with Crippen molar-refractivity contribution in [2.24, 2.45) is 0 Å². The molecule has 0 aliphatic carbocycles. The van der Waals surface area contributed by atoms with Crippen LogP contribution >= 0.6 is 0 Å². The molecule has 17 heavy (non-hydrogen) atoms. The van der Waals surface area contributed by atoms with Gasteiger partial charge in [0.05, 0.1) is 12.2 Å². The molecule has 2 fully saturated rings. The van der Waals surface area contributed by atoms with E-state index in [1.165, 1.54) is 0 Å². The van der Waals surface area contributed by atoms with E-state index in [0.29, 0.717) is 13.2 Å². The summed E-state index contributed by atoms with van der Waals surface area (Å²) in [7, 11) is 0. The summed E-state index contributed by atoms with van der Waals surface area (Å²) in [5.41, 5.74) is -0.145. The molecule has 1 spiro atoms. The second-order valence-electron chi connectivity index (χ2n) is 5.30. The lowest BCUT2D eigenvalue weighted by molar-refractivity contribution is -0.0878. The van der Waals surface area contributed by atoms with Crippen LogP contribution in [-0.4, -0.2) is 43.5 Å². The molecule has 2 saturated heterocycles. The van der Waals surface area contributed by atoms with Crippen molar-refractivity contribution in [3.8, 4) is 0 Å². The van der Waals surface area contributed by atoms with Crippen molar-refractivity contribution in [2.75, 3.05) is 19.8 Å². The summed E-state index contributed by atoms with van der Waals surface area (Å²) >= 11 is 0. The third-order valence-electron chi connectivity index (χ3n) is 3.32. The van der Waals surface area contributed by atoms with E-state index >= 15 is 0 Å². The van der Waals surface area contributed by atoms with E-state index in [-0.39, 0.29) is 23.7 Å². The first kappa shape index (κ1) is 12.6. The molecule has 2 unspecified atom stereocenters. The first-order valence-corrected chi connectivity index (χ1v) is 6.38. The lowest BCUT2D eigenvalue weighted by atomic mass is 9.90. The van der Waals surface area contributed by atoms with Gasteiger partial charge in [-0.1, -0.05) is 0 Å². The Kier molecular flexibility index (Phi) is 3.89. The number of rotatable bonds is 2. The van der Waals surface area contributed by atoms with E-state index in [0.717, 1.165) is 25.9 Å². The Morgan fingerprint density at radius 2 is 2.24 bits per heavy atom. The van der Waals surface area contributed by atoms with Crippen LogP contribution in [0, 0.1) is 0 Å². The number of hydrogen-bond acceptors (Lipinski definition) is 3. The SMILES string of the molecule is CC(C)NC(=O)NC1CCOC2(CCOC2)C1. The van der Waals surface area contributed by atoms with Gasteiger partial charge < -0.3 is 20.1 Å². The molecule has 2 atom stereocenters. The third kappa shape index (κ3) is 3.33. The molecular formula is C12H22N2O3. The monoisotopic (exact) mass is 242 g/mol. The molecule has 98 valence electrons. The van der Waals surface area contributed by atoms with Gasteiger partial charge >= 0.3 is 6.03 Å². The van der Waals surface area contributed by atoms with Gasteiger partial charge in [0.25, 0.3) is 0 Å². The Morgan fingerprint density at radius 1 is 1.41 bits per heavy atom. The van der Waals surface area contributed by atoms with Crippen LogP contribution < -0.4 is 10.6 Å². The maximum absolute atomic E-state index is 11.6. The summed E-state index contributed by atoms with van der Waals surface area (Å²) in [5, 5.41) is 5.86. The Morgan fingerprint density at radius 3 is 2.88 bits per heavy atom. The van der Waals surface area contributed by atoms with Crippen molar-refractivity contribution in [3.05, 3.63) is 0 Å². The molecule has 0 aromatic rings. The van der Waals surface area contributed by atoms with Crippen molar-refractivity contribution in [3.63, 3.8) is 0 Å². The second-order valence-corrected chi connectivity index (χ2v) is 5.30. The zero-order chi connectivity index (χ0) is 12.3. The van der Waals surface area contributed by atoms with Crippen LogP contribution in [0.25, 0.3) is 0 Å². The van der Waals surface area contributed by atoms with Gasteiger partial charge in [-0.05, 0) is 26.7 Å². The predicted molar refractivity (Wildman–Crippen MR) is 63.9 cm³/mol. The number of ether oxygens (including phenoxy) is 2. The van der Waals surface area contributed by atoms with Crippen LogP contribution in [0.15, 0.2) is 0 Å². The van der Waals surface area contributed by atoms with Crippen LogP contribution in [0.4, 0.5) is 4.79 Å². The number of amides is 2. The van der Waals surface area contributed by atoms with Crippen LogP contribution in [0.2, 0.25) is 0 Å². The Balaban J connectivity index is 1.83. The van der Waals surface area contributed by atoms with E-state index in [4.69, 9.17) is 9.47 Å². The normalized spacial score (nSPS) is 33.0. The summed E-state index contributed by atoms with van der Waals surface area (Å²) in [5.74, 6) is 0. The Labute approximate surface area is 102 Å². The molecular weight excluding hydrogens is 220 g/mol.